The summed E-state index contributed by atoms with van der Waals surface area (Å²) in [6.07, 6.45) is 0. The molecule has 2 heterocycles. The molecule has 0 spiro atoms. The van der Waals surface area contributed by atoms with Gasteiger partial charge in [-0.25, -0.2) is 4.98 Å². The van der Waals surface area contributed by atoms with Crippen LogP contribution in [0.3, 0.4) is 0 Å². The number of hydrogen-bond acceptors (Lipinski definition) is 6. The smallest absolute Gasteiger partial charge is 0.233 e. The predicted octanol–water partition coefficient (Wildman–Crippen LogP) is 2.07. The number of pyridine rings is 1. The molecule has 1 amide bonds. The third-order valence-corrected chi connectivity index (χ3v) is 4.78. The van der Waals surface area contributed by atoms with E-state index in [4.69, 9.17) is 9.47 Å². The van der Waals surface area contributed by atoms with Gasteiger partial charge < -0.3 is 14.4 Å². The fourth-order valence-corrected chi connectivity index (χ4v) is 3.35. The molecule has 1 fully saturated rings. The molecule has 0 unspecified atom stereocenters. The normalized spacial score (nSPS) is 14.4. The van der Waals surface area contributed by atoms with Crippen molar-refractivity contribution in [2.45, 2.75) is 5.03 Å². The van der Waals surface area contributed by atoms with Crippen molar-refractivity contribution in [2.24, 2.45) is 0 Å². The molecule has 0 radical (unpaired) electrons. The Morgan fingerprint density at radius 1 is 1.42 bits per heavy atom. The molecule has 0 atom stereocenters. The first-order valence-electron chi connectivity index (χ1n) is 7.58. The molecule has 24 heavy (non-hydrogen) atoms. The summed E-state index contributed by atoms with van der Waals surface area (Å²) in [6.45, 7) is 2.39. The highest BCUT2D eigenvalue weighted by Crippen LogP contribution is 2.27. The van der Waals surface area contributed by atoms with Gasteiger partial charge in [-0.15, -0.1) is 0 Å². The number of amides is 1. The van der Waals surface area contributed by atoms with Crippen LogP contribution in [0.4, 0.5) is 0 Å². The quantitative estimate of drug-likeness (QED) is 0.791. The number of fused-ring (bicyclic) bond motifs is 1. The van der Waals surface area contributed by atoms with E-state index in [0.29, 0.717) is 42.6 Å². The number of nitrogens with zero attached hydrogens (tertiary/aromatic N) is 3. The van der Waals surface area contributed by atoms with Crippen molar-refractivity contribution in [3.05, 3.63) is 29.8 Å². The zero-order valence-corrected chi connectivity index (χ0v) is 14.1. The van der Waals surface area contributed by atoms with Crippen molar-refractivity contribution < 1.29 is 14.3 Å². The topological polar surface area (TPSA) is 75.5 Å². The minimum Gasteiger partial charge on any atom is -0.497 e. The molecular formula is C17H17N3O3S. The molecule has 2 aromatic rings. The van der Waals surface area contributed by atoms with Crippen LogP contribution in [-0.2, 0) is 9.53 Å². The third-order valence-electron chi connectivity index (χ3n) is 3.81. The first-order chi connectivity index (χ1) is 11.7. The lowest BCUT2D eigenvalue weighted by Gasteiger charge is -2.26. The van der Waals surface area contributed by atoms with E-state index < -0.39 is 0 Å². The van der Waals surface area contributed by atoms with Crippen molar-refractivity contribution >= 4 is 28.6 Å². The Kier molecular flexibility index (Phi) is 5.18. The summed E-state index contributed by atoms with van der Waals surface area (Å²) in [6, 6.07) is 9.48. The number of methoxy groups -OCH3 is 1. The Morgan fingerprint density at radius 2 is 2.21 bits per heavy atom. The van der Waals surface area contributed by atoms with Crippen LogP contribution in [0.15, 0.2) is 29.3 Å². The van der Waals surface area contributed by atoms with E-state index in [1.54, 1.807) is 18.1 Å². The maximum absolute atomic E-state index is 12.3. The van der Waals surface area contributed by atoms with Crippen LogP contribution in [-0.4, -0.2) is 55.0 Å². The number of nitriles is 1. The monoisotopic (exact) mass is 343 g/mol. The summed E-state index contributed by atoms with van der Waals surface area (Å²) in [7, 11) is 1.60. The minimum absolute atomic E-state index is 0.0414. The number of morpholine rings is 1. The van der Waals surface area contributed by atoms with E-state index in [1.165, 1.54) is 11.8 Å². The summed E-state index contributed by atoms with van der Waals surface area (Å²) in [5.74, 6) is 1.01. The number of carbonyl (C=O) groups excluding carboxylic acids is 1. The highest BCUT2D eigenvalue weighted by atomic mass is 32.2. The van der Waals surface area contributed by atoms with Crippen molar-refractivity contribution in [2.75, 3.05) is 39.2 Å². The average Bonchev–Trinajstić information content (AvgIpc) is 2.65. The average molecular weight is 343 g/mol. The summed E-state index contributed by atoms with van der Waals surface area (Å²) >= 11 is 1.30. The second-order valence-electron chi connectivity index (χ2n) is 5.29. The van der Waals surface area contributed by atoms with Gasteiger partial charge in [0.15, 0.2) is 0 Å². The molecule has 1 aliphatic heterocycles. The molecule has 0 saturated carbocycles. The van der Waals surface area contributed by atoms with Crippen LogP contribution in [0.25, 0.3) is 10.9 Å². The molecule has 1 aromatic carbocycles. The van der Waals surface area contributed by atoms with E-state index in [9.17, 15) is 10.1 Å². The SMILES string of the molecule is COc1ccc2cc(C#N)c(SCC(=O)N3CCOCC3)nc2c1. The van der Waals surface area contributed by atoms with Crippen LogP contribution in [0.1, 0.15) is 5.56 Å². The first-order valence-corrected chi connectivity index (χ1v) is 8.57. The van der Waals surface area contributed by atoms with Gasteiger partial charge in [-0.05, 0) is 18.2 Å². The fourth-order valence-electron chi connectivity index (χ4n) is 2.48. The molecule has 0 aliphatic carbocycles. The summed E-state index contributed by atoms with van der Waals surface area (Å²) in [5, 5.41) is 10.8. The second kappa shape index (κ2) is 7.51. The van der Waals surface area contributed by atoms with Crippen molar-refractivity contribution in [3.63, 3.8) is 0 Å². The van der Waals surface area contributed by atoms with Crippen LogP contribution in [0.2, 0.25) is 0 Å². The molecule has 6 nitrogen and oxygen atoms in total. The summed E-state index contributed by atoms with van der Waals surface area (Å²) < 4.78 is 10.5. The van der Waals surface area contributed by atoms with Crippen LogP contribution in [0.5, 0.6) is 5.75 Å². The van der Waals surface area contributed by atoms with Gasteiger partial charge in [0.1, 0.15) is 16.8 Å². The van der Waals surface area contributed by atoms with Gasteiger partial charge >= 0.3 is 0 Å². The Balaban J connectivity index is 1.79. The standard InChI is InChI=1S/C17H17N3O3S/c1-22-14-3-2-12-8-13(10-18)17(19-15(12)9-14)24-11-16(21)20-4-6-23-7-5-20/h2-3,8-9H,4-7,11H2,1H3. The fraction of sp³-hybridized carbons (Fsp3) is 0.353. The zero-order valence-electron chi connectivity index (χ0n) is 13.3. The molecule has 1 saturated heterocycles. The number of benzene rings is 1. The lowest BCUT2D eigenvalue weighted by atomic mass is 10.1. The Morgan fingerprint density at radius 3 is 2.92 bits per heavy atom. The van der Waals surface area contributed by atoms with Gasteiger partial charge in [0, 0.05) is 24.5 Å². The Hall–Kier alpha value is -2.30. The van der Waals surface area contributed by atoms with Crippen molar-refractivity contribution in [1.29, 1.82) is 5.26 Å². The molecule has 124 valence electrons. The minimum atomic E-state index is 0.0414. The highest BCUT2D eigenvalue weighted by Gasteiger charge is 2.18. The number of aromatic nitrogens is 1. The van der Waals surface area contributed by atoms with E-state index in [2.05, 4.69) is 11.1 Å². The van der Waals surface area contributed by atoms with E-state index in [-0.39, 0.29) is 11.7 Å². The van der Waals surface area contributed by atoms with Gasteiger partial charge in [0.05, 0.1) is 37.2 Å². The van der Waals surface area contributed by atoms with E-state index in [0.717, 1.165) is 10.9 Å². The maximum Gasteiger partial charge on any atom is 0.233 e. The Labute approximate surface area is 144 Å². The van der Waals surface area contributed by atoms with E-state index >= 15 is 0 Å². The Bertz CT molecular complexity index is 798. The van der Waals surface area contributed by atoms with Crippen molar-refractivity contribution in [1.82, 2.24) is 9.88 Å². The largest absolute Gasteiger partial charge is 0.497 e. The second-order valence-corrected chi connectivity index (χ2v) is 6.26. The molecule has 3 rings (SSSR count). The number of thioether (sulfide) groups is 1. The number of carbonyl (C=O) groups is 1. The van der Waals surface area contributed by atoms with Gasteiger partial charge in [-0.3, -0.25) is 4.79 Å². The molecule has 7 heteroatoms. The van der Waals surface area contributed by atoms with Gasteiger partial charge in [-0.1, -0.05) is 11.8 Å². The lowest BCUT2D eigenvalue weighted by molar-refractivity contribution is -0.132. The maximum atomic E-state index is 12.3. The molecule has 0 bridgehead atoms. The number of rotatable bonds is 4. The van der Waals surface area contributed by atoms with Crippen LogP contribution in [0, 0.1) is 11.3 Å². The highest BCUT2D eigenvalue weighted by molar-refractivity contribution is 8.00. The summed E-state index contributed by atoms with van der Waals surface area (Å²) in [4.78, 5) is 18.6. The lowest BCUT2D eigenvalue weighted by Crippen LogP contribution is -2.41. The van der Waals surface area contributed by atoms with Crippen LogP contribution < -0.4 is 4.74 Å². The zero-order chi connectivity index (χ0) is 16.9. The number of ether oxygens (including phenoxy) is 2. The molecular weight excluding hydrogens is 326 g/mol. The van der Waals surface area contributed by atoms with Gasteiger partial charge in [0.2, 0.25) is 5.91 Å². The summed E-state index contributed by atoms with van der Waals surface area (Å²) in [5.41, 5.74) is 1.22. The predicted molar refractivity (Wildman–Crippen MR) is 91.1 cm³/mol. The van der Waals surface area contributed by atoms with Crippen molar-refractivity contribution in [3.8, 4) is 11.8 Å². The van der Waals surface area contributed by atoms with Gasteiger partial charge in [0.25, 0.3) is 0 Å². The van der Waals surface area contributed by atoms with Crippen LogP contribution >= 0.6 is 11.8 Å². The number of hydrogen-bond donors (Lipinski definition) is 0. The molecule has 0 N–H and O–H groups in total. The molecule has 1 aliphatic rings. The third kappa shape index (κ3) is 3.61. The first kappa shape index (κ1) is 16.6. The molecule has 1 aromatic heterocycles. The van der Waals surface area contributed by atoms with Gasteiger partial charge in [-0.2, -0.15) is 5.26 Å². The van der Waals surface area contributed by atoms with E-state index in [1.807, 2.05) is 18.2 Å².